The van der Waals surface area contributed by atoms with Crippen LogP contribution in [0.5, 0.6) is 11.5 Å². The van der Waals surface area contributed by atoms with E-state index in [-0.39, 0.29) is 41.8 Å². The van der Waals surface area contributed by atoms with Gasteiger partial charge in [-0.05, 0) is 55.0 Å². The van der Waals surface area contributed by atoms with Crippen LogP contribution in [-0.2, 0) is 27.4 Å². The van der Waals surface area contributed by atoms with E-state index in [0.29, 0.717) is 71.6 Å². The SMILES string of the molecule is Cc1cc(=O)c2cc3c(c([NH+]4C=C5C=CN=C5C4)c2o1)O[C@]1(CC=C[C@@H]([C@H]2CNC(=O)C2)C1)[C@H](OOC[C@@](O)(Cc1ccc(O)cc1)[C@@H](O)[C@H](O)[C@H](O)CO)C3. The molecular formula is C41H46N3O12+. The molecular weight excluding hydrogens is 726 g/mol. The van der Waals surface area contributed by atoms with Gasteiger partial charge in [0.05, 0.1) is 17.6 Å². The second kappa shape index (κ2) is 15.0. The third-order valence-corrected chi connectivity index (χ3v) is 11.7. The minimum atomic E-state index is -2.26. The first-order valence-corrected chi connectivity index (χ1v) is 18.8. The lowest BCUT2D eigenvalue weighted by Crippen LogP contribution is -3.01. The molecule has 2 aromatic carbocycles. The molecule has 296 valence electrons. The Morgan fingerprint density at radius 2 is 1.95 bits per heavy atom. The largest absolute Gasteiger partial charge is 0.508 e. The van der Waals surface area contributed by atoms with Crippen LogP contribution < -0.4 is 20.4 Å². The number of carbonyl (C=O) groups is 1. The molecule has 1 saturated heterocycles. The van der Waals surface area contributed by atoms with Crippen molar-refractivity contribution in [2.45, 2.75) is 74.6 Å². The van der Waals surface area contributed by atoms with Crippen molar-refractivity contribution in [1.82, 2.24) is 5.32 Å². The van der Waals surface area contributed by atoms with Gasteiger partial charge in [0.2, 0.25) is 17.2 Å². The number of aliphatic hydroxyl groups excluding tert-OH is 4. The number of amides is 1. The van der Waals surface area contributed by atoms with Gasteiger partial charge in [-0.15, -0.1) is 0 Å². The summed E-state index contributed by atoms with van der Waals surface area (Å²) < 4.78 is 13.5. The number of quaternary nitrogens is 1. The highest BCUT2D eigenvalue weighted by Crippen LogP contribution is 2.49. The Labute approximate surface area is 321 Å². The van der Waals surface area contributed by atoms with E-state index in [1.807, 2.05) is 18.4 Å². The monoisotopic (exact) mass is 772 g/mol. The van der Waals surface area contributed by atoms with Gasteiger partial charge >= 0.3 is 0 Å². The molecule has 0 radical (unpaired) electrons. The molecule has 3 aromatic rings. The smallest absolute Gasteiger partial charge is 0.222 e. The molecule has 5 aliphatic rings. The number of phenols is 1. The Hall–Kier alpha value is -4.71. The van der Waals surface area contributed by atoms with E-state index in [1.54, 1.807) is 19.2 Å². The van der Waals surface area contributed by atoms with E-state index in [0.717, 1.165) is 16.2 Å². The number of hydrogen-bond acceptors (Lipinski definition) is 13. The Kier molecular flexibility index (Phi) is 10.2. The first-order valence-electron chi connectivity index (χ1n) is 18.8. The highest BCUT2D eigenvalue weighted by atomic mass is 17.2. The summed E-state index contributed by atoms with van der Waals surface area (Å²) in [5.41, 5.74) is 0.489. The highest BCUT2D eigenvalue weighted by Gasteiger charge is 2.53. The van der Waals surface area contributed by atoms with Crippen LogP contribution in [0.3, 0.4) is 0 Å². The topological polar surface area (TPSA) is 225 Å². The number of ether oxygens (including phenoxy) is 1. The summed E-state index contributed by atoms with van der Waals surface area (Å²) in [4.78, 5) is 43.3. The van der Waals surface area contributed by atoms with E-state index >= 15 is 0 Å². The van der Waals surface area contributed by atoms with Crippen molar-refractivity contribution in [2.24, 2.45) is 16.8 Å². The van der Waals surface area contributed by atoms with E-state index in [2.05, 4.69) is 16.4 Å². The van der Waals surface area contributed by atoms with Crippen LogP contribution in [0, 0.1) is 18.8 Å². The van der Waals surface area contributed by atoms with Crippen molar-refractivity contribution in [2.75, 3.05) is 26.3 Å². The quantitative estimate of drug-likeness (QED) is 0.0709. The molecule has 1 amide bonds. The van der Waals surface area contributed by atoms with Crippen molar-refractivity contribution < 1.29 is 59.3 Å². The van der Waals surface area contributed by atoms with Crippen LogP contribution in [0.2, 0.25) is 0 Å². The van der Waals surface area contributed by atoms with Gasteiger partial charge in [-0.2, -0.15) is 0 Å². The fourth-order valence-electron chi connectivity index (χ4n) is 8.67. The number of aliphatic hydroxyl groups is 5. The van der Waals surface area contributed by atoms with Crippen molar-refractivity contribution in [3.05, 3.63) is 99.7 Å². The average molecular weight is 773 g/mol. The van der Waals surface area contributed by atoms with Gasteiger partial charge in [0.25, 0.3) is 0 Å². The zero-order chi connectivity index (χ0) is 39.4. The molecule has 9 atom stereocenters. The lowest BCUT2D eigenvalue weighted by Gasteiger charge is -2.47. The van der Waals surface area contributed by atoms with Gasteiger partial charge in [-0.1, -0.05) is 24.3 Å². The molecule has 15 heteroatoms. The first-order chi connectivity index (χ1) is 26.9. The van der Waals surface area contributed by atoms with E-state index < -0.39 is 48.8 Å². The zero-order valence-corrected chi connectivity index (χ0v) is 30.8. The van der Waals surface area contributed by atoms with Gasteiger partial charge < -0.3 is 45.1 Å². The van der Waals surface area contributed by atoms with Crippen LogP contribution in [0.15, 0.2) is 86.8 Å². The Bertz CT molecular complexity index is 2200. The maximum absolute atomic E-state index is 13.5. The summed E-state index contributed by atoms with van der Waals surface area (Å²) in [5, 5.41) is 66.5. The standard InChI is InChI=1S/C41H45N3O12/c1-22-11-31(47)29-12-26-13-33(56-53-21-40(52,39(51)36(50)32(48)20-45)15-23-4-6-28(46)7-5-23)41(9-2-3-24(16-41)27-14-34(49)43-17-27)55-37(26)35(38(29)54-22)44-18-25-8-10-42-30(25)19-44/h2-8,10-12,18,24,27,32-33,36,39,45-46,48,50-52H,9,13-17,19-21H2,1H3,(H,43,49)/p+1/t24-,27-,32-,33-,36-,39+,40+,41+/m1/s1. The highest BCUT2D eigenvalue weighted by molar-refractivity contribution is 6.07. The Morgan fingerprint density at radius 3 is 2.68 bits per heavy atom. The van der Waals surface area contributed by atoms with Crippen LogP contribution in [0.1, 0.15) is 36.1 Å². The number of rotatable bonds is 12. The van der Waals surface area contributed by atoms with Gasteiger partial charge in [0.15, 0.2) is 11.2 Å². The number of allylic oxidation sites excluding steroid dienone is 2. The molecule has 1 aromatic heterocycles. The number of nitrogens with one attached hydrogen (secondary N) is 2. The number of fused-ring (bicyclic) bond motifs is 3. The molecule has 5 heterocycles. The lowest BCUT2D eigenvalue weighted by atomic mass is 9.71. The van der Waals surface area contributed by atoms with Gasteiger partial charge in [-0.25, -0.2) is 9.78 Å². The maximum atomic E-state index is 13.5. The third kappa shape index (κ3) is 7.09. The predicted molar refractivity (Wildman–Crippen MR) is 200 cm³/mol. The molecule has 15 nitrogen and oxygen atoms in total. The molecule has 4 aliphatic heterocycles. The molecule has 0 saturated carbocycles. The zero-order valence-electron chi connectivity index (χ0n) is 30.8. The molecule has 0 bridgehead atoms. The van der Waals surface area contributed by atoms with Gasteiger partial charge in [-0.3, -0.25) is 19.5 Å². The van der Waals surface area contributed by atoms with Crippen molar-refractivity contribution >= 4 is 28.3 Å². The van der Waals surface area contributed by atoms with E-state index in [9.17, 15) is 40.2 Å². The maximum Gasteiger partial charge on any atom is 0.222 e. The molecule has 1 unspecified atom stereocenters. The minimum Gasteiger partial charge on any atom is -0.508 e. The second-order valence-electron chi connectivity index (χ2n) is 15.6. The Balaban J connectivity index is 1.17. The number of nitrogens with zero attached hydrogens (tertiary/aromatic N) is 1. The fourth-order valence-corrected chi connectivity index (χ4v) is 8.67. The molecule has 1 spiro atoms. The first kappa shape index (κ1) is 38.2. The van der Waals surface area contributed by atoms with E-state index in [4.69, 9.17) is 18.9 Å². The molecule has 8 N–H and O–H groups in total. The van der Waals surface area contributed by atoms with Crippen LogP contribution in [-0.4, -0.2) is 104 Å². The van der Waals surface area contributed by atoms with Gasteiger partial charge in [0, 0.05) is 50.1 Å². The predicted octanol–water partition coefficient (Wildman–Crippen LogP) is 0.331. The van der Waals surface area contributed by atoms with Crippen LogP contribution in [0.4, 0.5) is 5.69 Å². The number of phenolic OH excluding ortho intramolecular Hbond substituents is 1. The summed E-state index contributed by atoms with van der Waals surface area (Å²) >= 11 is 0. The third-order valence-electron chi connectivity index (χ3n) is 11.7. The lowest BCUT2D eigenvalue weighted by molar-refractivity contribution is -0.759. The second-order valence-corrected chi connectivity index (χ2v) is 15.6. The summed E-state index contributed by atoms with van der Waals surface area (Å²) in [6.45, 7) is 1.16. The van der Waals surface area contributed by atoms with Crippen LogP contribution >= 0.6 is 0 Å². The molecule has 8 rings (SSSR count). The fraction of sp³-hybridized carbons (Fsp3) is 0.439. The average Bonchev–Trinajstić information content (AvgIpc) is 3.92. The normalized spacial score (nSPS) is 27.9. The number of aliphatic imine (C=N–C) groups is 1. The Morgan fingerprint density at radius 1 is 1.14 bits per heavy atom. The minimum absolute atomic E-state index is 0.00216. The molecule has 56 heavy (non-hydrogen) atoms. The number of aromatic hydroxyl groups is 1. The van der Waals surface area contributed by atoms with Crippen molar-refractivity contribution in [1.29, 1.82) is 0 Å². The summed E-state index contributed by atoms with van der Waals surface area (Å²) in [6, 6.07) is 9.03. The molecule has 1 fully saturated rings. The summed E-state index contributed by atoms with van der Waals surface area (Å²) in [7, 11) is 0. The number of hydrogen-bond donors (Lipinski definition) is 8. The van der Waals surface area contributed by atoms with E-state index in [1.165, 1.54) is 30.3 Å². The van der Waals surface area contributed by atoms with Crippen LogP contribution in [0.25, 0.3) is 11.0 Å². The van der Waals surface area contributed by atoms with Crippen molar-refractivity contribution in [3.63, 3.8) is 0 Å². The summed E-state index contributed by atoms with van der Waals surface area (Å²) in [6.07, 6.45) is 4.30. The number of benzene rings is 2. The van der Waals surface area contributed by atoms with Gasteiger partial charge in [0.1, 0.15) is 72.2 Å². The summed E-state index contributed by atoms with van der Waals surface area (Å²) in [5.74, 6) is 0.864. The number of carbonyl (C=O) groups excluding carboxylic acids is 1. The molecule has 1 aliphatic carbocycles. The van der Waals surface area contributed by atoms with Crippen molar-refractivity contribution in [3.8, 4) is 11.5 Å². The number of aryl methyl sites for hydroxylation is 1.